The minimum Gasteiger partial charge on any atom is -0.494 e. The summed E-state index contributed by atoms with van der Waals surface area (Å²) in [5, 5.41) is 3.55. The van der Waals surface area contributed by atoms with E-state index in [0.29, 0.717) is 23.5 Å². The first kappa shape index (κ1) is 16.3. The summed E-state index contributed by atoms with van der Waals surface area (Å²) in [6.45, 7) is 6.45. The Bertz CT molecular complexity index is 447. The van der Waals surface area contributed by atoms with Crippen molar-refractivity contribution in [1.82, 2.24) is 5.32 Å². The molecule has 0 radical (unpaired) electrons. The van der Waals surface area contributed by atoms with Gasteiger partial charge >= 0.3 is 0 Å². The van der Waals surface area contributed by atoms with Gasteiger partial charge in [-0.25, -0.2) is 4.39 Å². The van der Waals surface area contributed by atoms with Gasteiger partial charge in [-0.2, -0.15) is 0 Å². The van der Waals surface area contributed by atoms with Gasteiger partial charge in [0.2, 0.25) is 0 Å². The van der Waals surface area contributed by atoms with Crippen molar-refractivity contribution in [3.63, 3.8) is 0 Å². The van der Waals surface area contributed by atoms with E-state index in [-0.39, 0.29) is 5.82 Å². The molecule has 0 aliphatic heterocycles. The smallest absolute Gasteiger partial charge is 0.168 e. The van der Waals surface area contributed by atoms with E-state index in [4.69, 9.17) is 4.74 Å². The van der Waals surface area contributed by atoms with E-state index >= 15 is 0 Å². The second-order valence-corrected chi connectivity index (χ2v) is 6.57. The van der Waals surface area contributed by atoms with Crippen LogP contribution in [0.2, 0.25) is 0 Å². The van der Waals surface area contributed by atoms with Crippen molar-refractivity contribution in [2.75, 3.05) is 20.2 Å². The molecule has 2 rings (SSSR count). The largest absolute Gasteiger partial charge is 0.494 e. The predicted molar refractivity (Wildman–Crippen MR) is 85.4 cm³/mol. The molecular formula is C18H28FNO. The van der Waals surface area contributed by atoms with Gasteiger partial charge in [0.15, 0.2) is 11.6 Å². The van der Waals surface area contributed by atoms with Gasteiger partial charge < -0.3 is 10.1 Å². The van der Waals surface area contributed by atoms with Gasteiger partial charge in [0.25, 0.3) is 0 Å². The van der Waals surface area contributed by atoms with E-state index in [1.54, 1.807) is 6.07 Å². The van der Waals surface area contributed by atoms with Gasteiger partial charge in [0.1, 0.15) is 0 Å². The van der Waals surface area contributed by atoms with Gasteiger partial charge in [-0.15, -0.1) is 0 Å². The van der Waals surface area contributed by atoms with E-state index in [1.165, 1.54) is 26.4 Å². The van der Waals surface area contributed by atoms with Crippen LogP contribution >= 0.6 is 0 Å². The number of hydrogen-bond acceptors (Lipinski definition) is 2. The molecule has 0 aromatic heterocycles. The van der Waals surface area contributed by atoms with Crippen LogP contribution in [-0.4, -0.2) is 20.2 Å². The molecule has 1 aliphatic carbocycles. The predicted octanol–water partition coefficient (Wildman–Crippen LogP) is 4.35. The molecule has 2 unspecified atom stereocenters. The minimum atomic E-state index is -0.166. The minimum absolute atomic E-state index is 0.166. The second kappa shape index (κ2) is 7.79. The van der Waals surface area contributed by atoms with E-state index < -0.39 is 0 Å². The first-order chi connectivity index (χ1) is 10.1. The molecular weight excluding hydrogens is 265 g/mol. The van der Waals surface area contributed by atoms with Crippen LogP contribution in [0.5, 0.6) is 5.75 Å². The third kappa shape index (κ3) is 4.19. The normalized spacial score (nSPS) is 22.5. The van der Waals surface area contributed by atoms with Crippen LogP contribution in [-0.2, 0) is 0 Å². The second-order valence-electron chi connectivity index (χ2n) is 6.57. The van der Waals surface area contributed by atoms with Gasteiger partial charge in [0, 0.05) is 0 Å². The molecule has 1 aliphatic rings. The van der Waals surface area contributed by atoms with E-state index in [0.717, 1.165) is 25.1 Å². The molecule has 1 saturated carbocycles. The Labute approximate surface area is 128 Å². The van der Waals surface area contributed by atoms with Crippen LogP contribution in [0.3, 0.4) is 0 Å². The zero-order valence-corrected chi connectivity index (χ0v) is 13.5. The average molecular weight is 293 g/mol. The van der Waals surface area contributed by atoms with Gasteiger partial charge in [-0.05, 0) is 55.3 Å². The molecule has 0 saturated heterocycles. The highest BCUT2D eigenvalue weighted by molar-refractivity contribution is 5.34. The molecule has 0 amide bonds. The van der Waals surface area contributed by atoms with Crippen LogP contribution < -0.4 is 10.1 Å². The molecule has 1 N–H and O–H groups in total. The topological polar surface area (TPSA) is 21.3 Å². The molecule has 1 aromatic rings. The number of hydrogen-bond donors (Lipinski definition) is 1. The fourth-order valence-electron chi connectivity index (χ4n) is 3.39. The Kier molecular flexibility index (Phi) is 6.04. The maximum absolute atomic E-state index is 14.5. The molecule has 0 spiro atoms. The van der Waals surface area contributed by atoms with E-state index in [9.17, 15) is 4.39 Å². The monoisotopic (exact) mass is 293 g/mol. The average Bonchev–Trinajstić information content (AvgIpc) is 2.48. The number of methoxy groups -OCH3 is 1. The summed E-state index contributed by atoms with van der Waals surface area (Å²) in [5.74, 6) is 1.70. The van der Waals surface area contributed by atoms with Crippen LogP contribution in [0, 0.1) is 17.7 Å². The fourth-order valence-corrected chi connectivity index (χ4v) is 3.39. The Morgan fingerprint density at radius 3 is 2.76 bits per heavy atom. The summed E-state index contributed by atoms with van der Waals surface area (Å²) in [6, 6.07) is 5.54. The van der Waals surface area contributed by atoms with E-state index in [1.807, 2.05) is 12.1 Å². The third-order valence-electron chi connectivity index (χ3n) is 4.48. The lowest BCUT2D eigenvalue weighted by molar-refractivity contribution is 0.284. The molecule has 118 valence electrons. The number of rotatable bonds is 6. The summed E-state index contributed by atoms with van der Waals surface area (Å²) < 4.78 is 19.7. The lowest BCUT2D eigenvalue weighted by Gasteiger charge is -2.32. The SMILES string of the molecule is COc1cccc(C2CCCCC2CNCC(C)C)c1F. The molecule has 21 heavy (non-hydrogen) atoms. The van der Waals surface area contributed by atoms with Crippen LogP contribution in [0.15, 0.2) is 18.2 Å². The van der Waals surface area contributed by atoms with Gasteiger partial charge in [-0.1, -0.05) is 38.8 Å². The zero-order valence-electron chi connectivity index (χ0n) is 13.5. The van der Waals surface area contributed by atoms with Gasteiger partial charge in [-0.3, -0.25) is 0 Å². The van der Waals surface area contributed by atoms with Crippen molar-refractivity contribution in [3.05, 3.63) is 29.6 Å². The van der Waals surface area contributed by atoms with Crippen LogP contribution in [0.25, 0.3) is 0 Å². The Hall–Kier alpha value is -1.09. The summed E-state index contributed by atoms with van der Waals surface area (Å²) in [7, 11) is 1.53. The van der Waals surface area contributed by atoms with Crippen molar-refractivity contribution in [2.24, 2.45) is 11.8 Å². The highest BCUT2D eigenvalue weighted by atomic mass is 19.1. The van der Waals surface area contributed by atoms with Crippen molar-refractivity contribution < 1.29 is 9.13 Å². The third-order valence-corrected chi connectivity index (χ3v) is 4.48. The molecule has 3 heteroatoms. The fraction of sp³-hybridized carbons (Fsp3) is 0.667. The maximum Gasteiger partial charge on any atom is 0.168 e. The quantitative estimate of drug-likeness (QED) is 0.841. The Morgan fingerprint density at radius 2 is 2.05 bits per heavy atom. The van der Waals surface area contributed by atoms with Gasteiger partial charge in [0.05, 0.1) is 7.11 Å². The van der Waals surface area contributed by atoms with Crippen LogP contribution in [0.1, 0.15) is 51.0 Å². The molecule has 0 heterocycles. The molecule has 1 aromatic carbocycles. The Balaban J connectivity index is 2.11. The van der Waals surface area contributed by atoms with Crippen molar-refractivity contribution in [3.8, 4) is 5.75 Å². The summed E-state index contributed by atoms with van der Waals surface area (Å²) >= 11 is 0. The standard InChI is InChI=1S/C18H28FNO/c1-13(2)11-20-12-14-7-4-5-8-15(14)16-9-6-10-17(21-3)18(16)19/h6,9-10,13-15,20H,4-5,7-8,11-12H2,1-3H3. The summed E-state index contributed by atoms with van der Waals surface area (Å²) in [4.78, 5) is 0. The maximum atomic E-state index is 14.5. The lowest BCUT2D eigenvalue weighted by Crippen LogP contribution is -2.32. The number of ether oxygens (including phenoxy) is 1. The number of benzene rings is 1. The van der Waals surface area contributed by atoms with E-state index in [2.05, 4.69) is 19.2 Å². The van der Waals surface area contributed by atoms with Crippen LogP contribution in [0.4, 0.5) is 4.39 Å². The lowest BCUT2D eigenvalue weighted by atomic mass is 9.75. The number of nitrogens with one attached hydrogen (secondary N) is 1. The first-order valence-corrected chi connectivity index (χ1v) is 8.16. The molecule has 0 bridgehead atoms. The summed E-state index contributed by atoms with van der Waals surface area (Å²) in [6.07, 6.45) is 4.72. The molecule has 2 nitrogen and oxygen atoms in total. The zero-order chi connectivity index (χ0) is 15.2. The summed E-state index contributed by atoms with van der Waals surface area (Å²) in [5.41, 5.74) is 0.838. The molecule has 2 atom stereocenters. The number of halogens is 1. The first-order valence-electron chi connectivity index (χ1n) is 8.16. The Morgan fingerprint density at radius 1 is 1.29 bits per heavy atom. The van der Waals surface area contributed by atoms with Crippen molar-refractivity contribution >= 4 is 0 Å². The highest BCUT2D eigenvalue weighted by Gasteiger charge is 2.29. The van der Waals surface area contributed by atoms with Crippen molar-refractivity contribution in [1.29, 1.82) is 0 Å². The highest BCUT2D eigenvalue weighted by Crippen LogP contribution is 2.40. The molecule has 1 fully saturated rings. The van der Waals surface area contributed by atoms with Crippen molar-refractivity contribution in [2.45, 2.75) is 45.4 Å².